The van der Waals surface area contributed by atoms with Crippen LogP contribution in [0.2, 0.25) is 5.02 Å². The fraction of sp³-hybridized carbons (Fsp3) is 0.375. The van der Waals surface area contributed by atoms with Crippen molar-refractivity contribution in [2.45, 2.75) is 38.6 Å². The van der Waals surface area contributed by atoms with Crippen molar-refractivity contribution in [3.05, 3.63) is 58.5 Å². The summed E-state index contributed by atoms with van der Waals surface area (Å²) in [6.45, 7) is 1.82. The van der Waals surface area contributed by atoms with Gasteiger partial charge in [0.1, 0.15) is 12.4 Å². The molecule has 3 rings (SSSR count). The molecule has 1 heterocycles. The molecule has 4 heteroatoms. The van der Waals surface area contributed by atoms with Crippen LogP contribution < -0.4 is 5.32 Å². The normalized spacial score (nSPS) is 14.7. The van der Waals surface area contributed by atoms with E-state index < -0.39 is 0 Å². The molecule has 1 aliphatic carbocycles. The summed E-state index contributed by atoms with van der Waals surface area (Å²) in [7, 11) is 0. The van der Waals surface area contributed by atoms with Gasteiger partial charge in [-0.1, -0.05) is 29.8 Å². The number of rotatable bonds is 7. The fourth-order valence-corrected chi connectivity index (χ4v) is 2.25. The van der Waals surface area contributed by atoms with E-state index in [1.54, 1.807) is 6.26 Å². The van der Waals surface area contributed by atoms with E-state index in [-0.39, 0.29) is 0 Å². The van der Waals surface area contributed by atoms with Crippen LogP contribution >= 0.6 is 11.6 Å². The van der Waals surface area contributed by atoms with Crippen molar-refractivity contribution in [1.29, 1.82) is 0 Å². The van der Waals surface area contributed by atoms with Crippen LogP contribution in [0.3, 0.4) is 0 Å². The van der Waals surface area contributed by atoms with Gasteiger partial charge in [-0.2, -0.15) is 0 Å². The molecule has 1 fully saturated rings. The van der Waals surface area contributed by atoms with E-state index in [0.717, 1.165) is 22.9 Å². The summed E-state index contributed by atoms with van der Waals surface area (Å²) in [5.74, 6) is 0.894. The van der Waals surface area contributed by atoms with Crippen LogP contribution in [0.25, 0.3) is 0 Å². The van der Waals surface area contributed by atoms with Gasteiger partial charge in [-0.05, 0) is 30.5 Å². The predicted octanol–water partition coefficient (Wildman–Crippen LogP) is 3.90. The monoisotopic (exact) mass is 291 g/mol. The Labute approximate surface area is 123 Å². The van der Waals surface area contributed by atoms with Crippen LogP contribution in [0, 0.1) is 0 Å². The van der Waals surface area contributed by atoms with Crippen molar-refractivity contribution in [2.24, 2.45) is 0 Å². The standard InChI is InChI=1S/C16H18ClNO2/c17-15-4-2-1-3-13(15)10-19-11-16-12(7-8-20-16)9-18-14-5-6-14/h1-4,7-8,14,18H,5-6,9-11H2. The first kappa shape index (κ1) is 13.7. The molecule has 3 nitrogen and oxygen atoms in total. The third-order valence-corrected chi connectivity index (χ3v) is 3.81. The number of hydrogen-bond donors (Lipinski definition) is 1. The molecule has 20 heavy (non-hydrogen) atoms. The van der Waals surface area contributed by atoms with Crippen LogP contribution in [0.15, 0.2) is 41.0 Å². The molecule has 0 unspecified atom stereocenters. The maximum atomic E-state index is 6.09. The Morgan fingerprint density at radius 2 is 2.00 bits per heavy atom. The van der Waals surface area contributed by atoms with Crippen molar-refractivity contribution in [3.8, 4) is 0 Å². The Morgan fingerprint density at radius 3 is 2.80 bits per heavy atom. The maximum absolute atomic E-state index is 6.09. The highest BCUT2D eigenvalue weighted by molar-refractivity contribution is 6.31. The van der Waals surface area contributed by atoms with Crippen molar-refractivity contribution < 1.29 is 9.15 Å². The van der Waals surface area contributed by atoms with Crippen molar-refractivity contribution in [2.75, 3.05) is 0 Å². The lowest BCUT2D eigenvalue weighted by Crippen LogP contribution is -2.15. The molecular formula is C16H18ClNO2. The van der Waals surface area contributed by atoms with E-state index in [2.05, 4.69) is 5.32 Å². The third kappa shape index (κ3) is 3.63. The highest BCUT2D eigenvalue weighted by Crippen LogP contribution is 2.21. The maximum Gasteiger partial charge on any atom is 0.133 e. The summed E-state index contributed by atoms with van der Waals surface area (Å²) in [4.78, 5) is 0. The molecule has 0 amide bonds. The van der Waals surface area contributed by atoms with E-state index in [1.807, 2.05) is 30.3 Å². The van der Waals surface area contributed by atoms with Gasteiger partial charge in [-0.15, -0.1) is 0 Å². The SMILES string of the molecule is Clc1ccccc1COCc1occc1CNC1CC1. The van der Waals surface area contributed by atoms with Gasteiger partial charge in [0.05, 0.1) is 12.9 Å². The lowest BCUT2D eigenvalue weighted by molar-refractivity contribution is 0.0921. The first-order valence-corrected chi connectivity index (χ1v) is 7.30. The number of furan rings is 1. The van der Waals surface area contributed by atoms with Gasteiger partial charge < -0.3 is 14.5 Å². The molecule has 1 saturated carbocycles. The number of ether oxygens (including phenoxy) is 1. The van der Waals surface area contributed by atoms with Gasteiger partial charge in [-0.25, -0.2) is 0 Å². The van der Waals surface area contributed by atoms with Crippen molar-refractivity contribution >= 4 is 11.6 Å². The summed E-state index contributed by atoms with van der Waals surface area (Å²) in [6, 6.07) is 10.4. The molecule has 1 aromatic heterocycles. The van der Waals surface area contributed by atoms with Gasteiger partial charge in [0.25, 0.3) is 0 Å². The smallest absolute Gasteiger partial charge is 0.133 e. The van der Waals surface area contributed by atoms with Crippen LogP contribution in [0.1, 0.15) is 29.7 Å². The van der Waals surface area contributed by atoms with Gasteiger partial charge in [-0.3, -0.25) is 0 Å². The van der Waals surface area contributed by atoms with Gasteiger partial charge in [0.2, 0.25) is 0 Å². The van der Waals surface area contributed by atoms with Gasteiger partial charge >= 0.3 is 0 Å². The van der Waals surface area contributed by atoms with E-state index in [4.69, 9.17) is 20.8 Å². The van der Waals surface area contributed by atoms with Crippen LogP contribution in [-0.2, 0) is 24.5 Å². The summed E-state index contributed by atoms with van der Waals surface area (Å²) >= 11 is 6.09. The molecule has 0 spiro atoms. The zero-order chi connectivity index (χ0) is 13.8. The molecule has 0 atom stereocenters. The number of hydrogen-bond acceptors (Lipinski definition) is 3. The number of benzene rings is 1. The first-order valence-electron chi connectivity index (χ1n) is 6.92. The third-order valence-electron chi connectivity index (χ3n) is 3.44. The molecule has 0 bridgehead atoms. The lowest BCUT2D eigenvalue weighted by atomic mass is 10.2. The van der Waals surface area contributed by atoms with Crippen molar-refractivity contribution in [3.63, 3.8) is 0 Å². The Morgan fingerprint density at radius 1 is 1.15 bits per heavy atom. The second-order valence-corrected chi connectivity index (χ2v) is 5.52. The largest absolute Gasteiger partial charge is 0.467 e. The van der Waals surface area contributed by atoms with Gasteiger partial charge in [0.15, 0.2) is 0 Å². The predicted molar refractivity (Wildman–Crippen MR) is 78.5 cm³/mol. The molecule has 0 aliphatic heterocycles. The number of halogens is 1. The van der Waals surface area contributed by atoms with Crippen LogP contribution in [0.4, 0.5) is 0 Å². The Kier molecular flexibility index (Phi) is 4.41. The summed E-state index contributed by atoms with van der Waals surface area (Å²) in [6.07, 6.45) is 4.30. The summed E-state index contributed by atoms with van der Waals surface area (Å²) in [5, 5.41) is 4.22. The molecule has 0 radical (unpaired) electrons. The Bertz CT molecular complexity index is 563. The average Bonchev–Trinajstić information content (AvgIpc) is 3.18. The second-order valence-electron chi connectivity index (χ2n) is 5.11. The minimum absolute atomic E-state index is 0.472. The molecule has 0 saturated heterocycles. The van der Waals surface area contributed by atoms with Gasteiger partial charge in [0, 0.05) is 23.2 Å². The second kappa shape index (κ2) is 6.44. The molecule has 2 aromatic rings. The lowest BCUT2D eigenvalue weighted by Gasteiger charge is -2.07. The van der Waals surface area contributed by atoms with E-state index in [0.29, 0.717) is 19.3 Å². The fourth-order valence-electron chi connectivity index (χ4n) is 2.06. The molecule has 1 N–H and O–H groups in total. The van der Waals surface area contributed by atoms with Crippen molar-refractivity contribution in [1.82, 2.24) is 5.32 Å². The van der Waals surface area contributed by atoms with E-state index in [1.165, 1.54) is 18.4 Å². The van der Waals surface area contributed by atoms with E-state index in [9.17, 15) is 0 Å². The first-order chi connectivity index (χ1) is 9.83. The Hall–Kier alpha value is -1.29. The minimum Gasteiger partial charge on any atom is -0.467 e. The molecule has 1 aromatic carbocycles. The zero-order valence-electron chi connectivity index (χ0n) is 11.3. The number of nitrogens with one attached hydrogen (secondary N) is 1. The molecule has 1 aliphatic rings. The topological polar surface area (TPSA) is 34.4 Å². The van der Waals surface area contributed by atoms with Crippen LogP contribution in [0.5, 0.6) is 0 Å². The van der Waals surface area contributed by atoms with Crippen LogP contribution in [-0.4, -0.2) is 6.04 Å². The Balaban J connectivity index is 1.50. The summed E-state index contributed by atoms with van der Waals surface area (Å²) in [5.41, 5.74) is 2.18. The highest BCUT2D eigenvalue weighted by Gasteiger charge is 2.20. The molecule has 106 valence electrons. The molecular weight excluding hydrogens is 274 g/mol. The highest BCUT2D eigenvalue weighted by atomic mass is 35.5. The minimum atomic E-state index is 0.472. The average molecular weight is 292 g/mol. The quantitative estimate of drug-likeness (QED) is 0.840. The van der Waals surface area contributed by atoms with E-state index >= 15 is 0 Å². The summed E-state index contributed by atoms with van der Waals surface area (Å²) < 4.78 is 11.2. The zero-order valence-corrected chi connectivity index (χ0v) is 12.0.